The Morgan fingerprint density at radius 1 is 1.12 bits per heavy atom. The molecular formula is C24H24F2N4OS. The number of aromatic nitrogens is 2. The summed E-state index contributed by atoms with van der Waals surface area (Å²) in [6.07, 6.45) is 0.940. The summed E-state index contributed by atoms with van der Waals surface area (Å²) < 4.78 is 33.3. The van der Waals surface area contributed by atoms with Crippen LogP contribution >= 0.6 is 12.2 Å². The van der Waals surface area contributed by atoms with Gasteiger partial charge in [-0.2, -0.15) is 4.98 Å². The van der Waals surface area contributed by atoms with Gasteiger partial charge in [0.1, 0.15) is 11.6 Å². The number of benzene rings is 2. The lowest BCUT2D eigenvalue weighted by atomic mass is 9.94. The highest BCUT2D eigenvalue weighted by molar-refractivity contribution is 7.80. The lowest BCUT2D eigenvalue weighted by molar-refractivity contribution is 0.390. The Morgan fingerprint density at radius 2 is 1.84 bits per heavy atom. The lowest BCUT2D eigenvalue weighted by Gasteiger charge is -2.37. The molecule has 1 N–H and O–H groups in total. The van der Waals surface area contributed by atoms with Crippen molar-refractivity contribution in [2.24, 2.45) is 5.92 Å². The maximum Gasteiger partial charge on any atom is 0.258 e. The van der Waals surface area contributed by atoms with Gasteiger partial charge in [-0.3, -0.25) is 0 Å². The van der Waals surface area contributed by atoms with E-state index >= 15 is 0 Å². The van der Waals surface area contributed by atoms with E-state index in [0.717, 1.165) is 18.7 Å². The van der Waals surface area contributed by atoms with E-state index in [2.05, 4.69) is 29.3 Å². The maximum absolute atomic E-state index is 14.0. The zero-order chi connectivity index (χ0) is 22.8. The minimum Gasteiger partial charge on any atom is -0.351 e. The molecule has 1 atom stereocenters. The Bertz CT molecular complexity index is 1170. The van der Waals surface area contributed by atoms with Gasteiger partial charge in [-0.25, -0.2) is 8.78 Å². The third-order valence-corrected chi connectivity index (χ3v) is 5.79. The molecule has 1 unspecified atom stereocenters. The molecule has 0 amide bonds. The molecule has 8 heteroatoms. The van der Waals surface area contributed by atoms with Crippen LogP contribution in [-0.4, -0.2) is 26.7 Å². The minimum atomic E-state index is -0.464. The van der Waals surface area contributed by atoms with Crippen LogP contribution in [0.5, 0.6) is 0 Å². The second-order valence-corrected chi connectivity index (χ2v) is 8.59. The van der Waals surface area contributed by atoms with Crippen LogP contribution < -0.4 is 5.32 Å². The molecule has 3 aromatic rings. The number of nitrogens with zero attached hydrogens (tertiary/aromatic N) is 3. The highest BCUT2D eigenvalue weighted by Crippen LogP contribution is 2.37. The van der Waals surface area contributed by atoms with Crippen LogP contribution in [0, 0.1) is 17.6 Å². The van der Waals surface area contributed by atoms with Crippen LogP contribution in [0.1, 0.15) is 44.7 Å². The van der Waals surface area contributed by atoms with Crippen molar-refractivity contribution in [1.82, 2.24) is 20.4 Å². The summed E-state index contributed by atoms with van der Waals surface area (Å²) >= 11 is 5.64. The monoisotopic (exact) mass is 454 g/mol. The minimum absolute atomic E-state index is 0.277. The van der Waals surface area contributed by atoms with Gasteiger partial charge in [0.05, 0.1) is 11.6 Å². The Morgan fingerprint density at radius 3 is 2.53 bits per heavy atom. The van der Waals surface area contributed by atoms with E-state index in [-0.39, 0.29) is 23.3 Å². The summed E-state index contributed by atoms with van der Waals surface area (Å²) in [6.45, 7) is 6.97. The van der Waals surface area contributed by atoms with Crippen LogP contribution in [0.15, 0.2) is 58.8 Å². The van der Waals surface area contributed by atoms with E-state index in [0.29, 0.717) is 27.7 Å². The summed E-state index contributed by atoms with van der Waals surface area (Å²) in [5.41, 5.74) is 2.77. The number of hydrogen-bond donors (Lipinski definition) is 1. The third-order valence-electron chi connectivity index (χ3n) is 5.45. The zero-order valence-corrected chi connectivity index (χ0v) is 18.9. The van der Waals surface area contributed by atoms with Gasteiger partial charge in [0.2, 0.25) is 5.82 Å². The average Bonchev–Trinajstić information content (AvgIpc) is 3.22. The molecule has 0 saturated carbocycles. The standard InChI is InChI=1S/C24H24F2N4OS/c1-14(2)10-11-30-15(3)20(21(27-24(30)32)16-6-4-8-18(25)12-16)23-28-22(29-31-23)17-7-5-9-19(26)13-17/h4-9,12-14,21H,10-11H2,1-3H3,(H,27,32). The first kappa shape index (κ1) is 22.1. The number of nitrogens with one attached hydrogen (secondary N) is 1. The van der Waals surface area contributed by atoms with Crippen molar-refractivity contribution in [3.63, 3.8) is 0 Å². The quantitative estimate of drug-likeness (QED) is 0.481. The molecular weight excluding hydrogens is 430 g/mol. The molecule has 5 nitrogen and oxygen atoms in total. The predicted molar refractivity (Wildman–Crippen MR) is 123 cm³/mol. The molecule has 0 aliphatic carbocycles. The molecule has 0 radical (unpaired) electrons. The summed E-state index contributed by atoms with van der Waals surface area (Å²) in [7, 11) is 0. The molecule has 0 saturated heterocycles. The van der Waals surface area contributed by atoms with E-state index < -0.39 is 6.04 Å². The van der Waals surface area contributed by atoms with Gasteiger partial charge < -0.3 is 14.7 Å². The number of halogens is 2. The van der Waals surface area contributed by atoms with Crippen molar-refractivity contribution < 1.29 is 13.3 Å². The Kier molecular flexibility index (Phi) is 6.32. The van der Waals surface area contributed by atoms with Crippen LogP contribution in [0.2, 0.25) is 0 Å². The topological polar surface area (TPSA) is 54.2 Å². The molecule has 0 bridgehead atoms. The van der Waals surface area contributed by atoms with Crippen molar-refractivity contribution in [2.75, 3.05) is 6.54 Å². The highest BCUT2D eigenvalue weighted by Gasteiger charge is 2.34. The van der Waals surface area contributed by atoms with Gasteiger partial charge in [-0.1, -0.05) is 43.3 Å². The summed E-state index contributed by atoms with van der Waals surface area (Å²) in [5, 5.41) is 7.94. The van der Waals surface area contributed by atoms with Crippen molar-refractivity contribution in [1.29, 1.82) is 0 Å². The van der Waals surface area contributed by atoms with Crippen molar-refractivity contribution in [3.8, 4) is 11.4 Å². The fourth-order valence-corrected chi connectivity index (χ4v) is 4.07. The Labute approximate surface area is 191 Å². The molecule has 0 spiro atoms. The molecule has 1 aromatic heterocycles. The van der Waals surface area contributed by atoms with Gasteiger partial charge in [0.15, 0.2) is 5.11 Å². The number of thiocarbonyl (C=S) groups is 1. The first-order valence-corrected chi connectivity index (χ1v) is 10.9. The van der Waals surface area contributed by atoms with E-state index in [1.165, 1.54) is 24.3 Å². The van der Waals surface area contributed by atoms with Gasteiger partial charge in [0, 0.05) is 17.8 Å². The smallest absolute Gasteiger partial charge is 0.258 e. The van der Waals surface area contributed by atoms with E-state index in [9.17, 15) is 8.78 Å². The van der Waals surface area contributed by atoms with E-state index in [1.807, 2.05) is 17.9 Å². The molecule has 1 aliphatic heterocycles. The predicted octanol–water partition coefficient (Wildman–Crippen LogP) is 5.72. The van der Waals surface area contributed by atoms with Crippen LogP contribution in [-0.2, 0) is 0 Å². The van der Waals surface area contributed by atoms with Crippen molar-refractivity contribution >= 4 is 22.9 Å². The van der Waals surface area contributed by atoms with Gasteiger partial charge in [-0.15, -0.1) is 0 Å². The zero-order valence-electron chi connectivity index (χ0n) is 18.1. The summed E-state index contributed by atoms with van der Waals surface area (Å²) in [4.78, 5) is 6.55. The average molecular weight is 455 g/mol. The second-order valence-electron chi connectivity index (χ2n) is 8.20. The lowest BCUT2D eigenvalue weighted by Crippen LogP contribution is -2.46. The third kappa shape index (κ3) is 4.55. The maximum atomic E-state index is 14.0. The Hall–Kier alpha value is -3.13. The summed E-state index contributed by atoms with van der Waals surface area (Å²) in [5.74, 6) is 0.324. The van der Waals surface area contributed by atoms with Crippen molar-refractivity contribution in [3.05, 3.63) is 77.3 Å². The van der Waals surface area contributed by atoms with Gasteiger partial charge in [-0.05, 0) is 61.3 Å². The number of allylic oxidation sites excluding steroid dienone is 1. The van der Waals surface area contributed by atoms with E-state index in [1.54, 1.807) is 18.2 Å². The second kappa shape index (κ2) is 9.16. The molecule has 2 aromatic carbocycles. The fourth-order valence-electron chi connectivity index (χ4n) is 3.73. The van der Waals surface area contributed by atoms with Gasteiger partial charge >= 0.3 is 0 Å². The molecule has 166 valence electrons. The van der Waals surface area contributed by atoms with Crippen LogP contribution in [0.4, 0.5) is 8.78 Å². The van der Waals surface area contributed by atoms with Crippen LogP contribution in [0.25, 0.3) is 17.0 Å². The molecule has 0 fully saturated rings. The van der Waals surface area contributed by atoms with Crippen molar-refractivity contribution in [2.45, 2.75) is 33.2 Å². The van der Waals surface area contributed by atoms with Crippen LogP contribution in [0.3, 0.4) is 0 Å². The number of rotatable bonds is 6. The first-order valence-electron chi connectivity index (χ1n) is 10.5. The molecule has 32 heavy (non-hydrogen) atoms. The molecule has 4 rings (SSSR count). The SMILES string of the molecule is CC1=C(c2nc(-c3cccc(F)c3)no2)C(c2cccc(F)c2)NC(=S)N1CCC(C)C. The summed E-state index contributed by atoms with van der Waals surface area (Å²) in [6, 6.07) is 11.9. The highest BCUT2D eigenvalue weighted by atomic mass is 32.1. The normalized spacial score (nSPS) is 16.6. The fraction of sp³-hybridized carbons (Fsp3) is 0.292. The van der Waals surface area contributed by atoms with Gasteiger partial charge in [0.25, 0.3) is 5.89 Å². The molecule has 2 heterocycles. The number of hydrogen-bond acceptors (Lipinski definition) is 4. The van der Waals surface area contributed by atoms with E-state index in [4.69, 9.17) is 16.7 Å². The first-order chi connectivity index (χ1) is 15.3. The largest absolute Gasteiger partial charge is 0.351 e. The molecule has 1 aliphatic rings. The Balaban J connectivity index is 1.80.